The summed E-state index contributed by atoms with van der Waals surface area (Å²) in [5, 5.41) is 28.1. The molecule has 59 heavy (non-hydrogen) atoms. The highest BCUT2D eigenvalue weighted by Gasteiger charge is 2.78. The van der Waals surface area contributed by atoms with Crippen LogP contribution in [-0.2, 0) is 54.2 Å². The van der Waals surface area contributed by atoms with Gasteiger partial charge in [0.05, 0.1) is 37.5 Å². The maximum atomic E-state index is 15.1. The predicted octanol–water partition coefficient (Wildman–Crippen LogP) is 2.83. The van der Waals surface area contributed by atoms with Gasteiger partial charge in [-0.3, -0.25) is 24.0 Å². The minimum Gasteiger partial charge on any atom is -0.460 e. The predicted molar refractivity (Wildman–Crippen MR) is 208 cm³/mol. The summed E-state index contributed by atoms with van der Waals surface area (Å²) in [6.45, 7) is 6.29. The molecule has 4 saturated carbocycles. The van der Waals surface area contributed by atoms with Gasteiger partial charge < -0.3 is 44.5 Å². The average molecular weight is 822 g/mol. The van der Waals surface area contributed by atoms with Crippen LogP contribution in [0, 0.1) is 23.2 Å². The molecule has 12 unspecified atom stereocenters. The van der Waals surface area contributed by atoms with Crippen LogP contribution in [-0.4, -0.2) is 118 Å². The molecule has 0 radical (unpaired) electrons. The number of epoxide rings is 1. The fourth-order valence-electron chi connectivity index (χ4n) is 10.4. The molecule has 322 valence electrons. The second-order valence-corrected chi connectivity index (χ2v) is 19.2. The van der Waals surface area contributed by atoms with Crippen molar-refractivity contribution in [3.63, 3.8) is 0 Å². The van der Waals surface area contributed by atoms with Crippen LogP contribution in [0.15, 0.2) is 30.3 Å². The van der Waals surface area contributed by atoms with Gasteiger partial charge in [-0.2, -0.15) is 5.06 Å². The highest BCUT2D eigenvalue weighted by molar-refractivity contribution is 5.96. The fourth-order valence-corrected chi connectivity index (χ4v) is 10.4. The molecule has 4 saturated heterocycles. The molecule has 9 rings (SSSR count). The molecule has 2 amide bonds. The van der Waals surface area contributed by atoms with E-state index >= 15 is 4.79 Å². The van der Waals surface area contributed by atoms with Gasteiger partial charge in [0.25, 0.3) is 0 Å². The standard InChI is InChI=1S/C44H59N3O12/c1-23(49)34(39(51)45-29(22-48)16-18-33(50)56-42(2,3)4)46-41(53)43-20-32-35-36(58-44(57-35,27-12-13-27)28-14-15-28)38(43)59-47(37(43)40(52)55-32)21-26-8-6-5-7-25(26)11-9-24-10-17-30-31(19-24)54-30/h5-9,11,23-24,27-32,34-38,48-49H,10,12-22H2,1-4H3,(H,45,51)(H,46,53). The molecule has 8 aliphatic rings. The maximum absolute atomic E-state index is 15.1. The average Bonchev–Trinajstić information content (AvgIpc) is 4.09. The van der Waals surface area contributed by atoms with Crippen molar-refractivity contribution in [1.29, 1.82) is 0 Å². The van der Waals surface area contributed by atoms with E-state index in [4.69, 9.17) is 28.5 Å². The molecule has 4 N–H and O–H groups in total. The van der Waals surface area contributed by atoms with Crippen molar-refractivity contribution >= 4 is 29.8 Å². The number of carbonyl (C=O) groups excluding carboxylic acids is 4. The van der Waals surface area contributed by atoms with Gasteiger partial charge in [0.1, 0.15) is 41.5 Å². The number of aliphatic hydroxyl groups excluding tert-OH is 2. The number of nitrogens with one attached hydrogen (secondary N) is 2. The Bertz CT molecular complexity index is 1830. The van der Waals surface area contributed by atoms with Crippen LogP contribution in [0.4, 0.5) is 0 Å². The van der Waals surface area contributed by atoms with Crippen LogP contribution < -0.4 is 10.6 Å². The third-order valence-electron chi connectivity index (χ3n) is 13.6. The number of nitrogens with zero attached hydrogens (tertiary/aromatic N) is 1. The summed E-state index contributed by atoms with van der Waals surface area (Å²) in [7, 11) is 0. The Hall–Kier alpha value is -3.44. The summed E-state index contributed by atoms with van der Waals surface area (Å²) < 4.78 is 31.2. The lowest BCUT2D eigenvalue weighted by molar-refractivity contribution is -0.235. The monoisotopic (exact) mass is 821 g/mol. The van der Waals surface area contributed by atoms with E-state index in [-0.39, 0.29) is 37.6 Å². The van der Waals surface area contributed by atoms with Gasteiger partial charge >= 0.3 is 11.9 Å². The van der Waals surface area contributed by atoms with E-state index in [1.807, 2.05) is 24.3 Å². The van der Waals surface area contributed by atoms with Crippen LogP contribution in [0.3, 0.4) is 0 Å². The minimum atomic E-state index is -1.58. The zero-order chi connectivity index (χ0) is 41.4. The summed E-state index contributed by atoms with van der Waals surface area (Å²) in [5.74, 6) is -2.57. The fraction of sp³-hybridized carbons (Fsp3) is 0.727. The molecule has 4 aliphatic heterocycles. The van der Waals surface area contributed by atoms with E-state index in [2.05, 4.69) is 22.8 Å². The number of hydrogen-bond acceptors (Lipinski definition) is 13. The van der Waals surface area contributed by atoms with E-state index in [9.17, 15) is 24.6 Å². The summed E-state index contributed by atoms with van der Waals surface area (Å²) >= 11 is 0. The highest BCUT2D eigenvalue weighted by atomic mass is 16.8. The first-order valence-corrected chi connectivity index (χ1v) is 21.7. The summed E-state index contributed by atoms with van der Waals surface area (Å²) in [6.07, 6.45) is 7.58. The first-order valence-electron chi connectivity index (χ1n) is 21.7. The van der Waals surface area contributed by atoms with Gasteiger partial charge in [-0.05, 0) is 96.1 Å². The topological polar surface area (TPSA) is 195 Å². The van der Waals surface area contributed by atoms with E-state index in [1.54, 1.807) is 25.8 Å². The van der Waals surface area contributed by atoms with Gasteiger partial charge in [0.15, 0.2) is 11.8 Å². The number of allylic oxidation sites excluding steroid dienone is 1. The number of esters is 2. The normalized spacial score (nSPS) is 35.9. The van der Waals surface area contributed by atoms with Crippen molar-refractivity contribution in [3.05, 3.63) is 41.5 Å². The molecule has 2 bridgehead atoms. The third kappa shape index (κ3) is 7.85. The minimum absolute atomic E-state index is 0.0586. The Morgan fingerprint density at radius 1 is 1.00 bits per heavy atom. The lowest BCUT2D eigenvalue weighted by atomic mass is 9.62. The molecule has 15 nitrogen and oxygen atoms in total. The Labute approximate surface area is 344 Å². The Kier molecular flexibility index (Phi) is 10.7. The van der Waals surface area contributed by atoms with Crippen molar-refractivity contribution in [1.82, 2.24) is 15.7 Å². The Morgan fingerprint density at radius 2 is 1.73 bits per heavy atom. The third-order valence-corrected chi connectivity index (χ3v) is 13.6. The summed E-state index contributed by atoms with van der Waals surface area (Å²) in [4.78, 5) is 62.6. The van der Waals surface area contributed by atoms with Crippen molar-refractivity contribution in [2.45, 2.75) is 171 Å². The summed E-state index contributed by atoms with van der Waals surface area (Å²) in [5.41, 5.74) is -0.433. The number of ether oxygens (including phenoxy) is 5. The number of carbonyl (C=O) groups is 4. The Balaban J connectivity index is 0.990. The quantitative estimate of drug-likeness (QED) is 0.149. The van der Waals surface area contributed by atoms with E-state index in [0.717, 1.165) is 56.1 Å². The van der Waals surface area contributed by atoms with Gasteiger partial charge in [-0.1, -0.05) is 36.4 Å². The molecule has 12 atom stereocenters. The van der Waals surface area contributed by atoms with Gasteiger partial charge in [0.2, 0.25) is 11.8 Å². The molecular formula is C44H59N3O12. The molecule has 4 heterocycles. The molecule has 1 aromatic carbocycles. The van der Waals surface area contributed by atoms with Gasteiger partial charge in [-0.15, -0.1) is 0 Å². The molecule has 4 aliphatic carbocycles. The smallest absolute Gasteiger partial charge is 0.327 e. The van der Waals surface area contributed by atoms with Crippen molar-refractivity contribution in [2.24, 2.45) is 23.2 Å². The maximum Gasteiger partial charge on any atom is 0.327 e. The van der Waals surface area contributed by atoms with Crippen molar-refractivity contribution in [3.8, 4) is 0 Å². The number of fused-ring (bicyclic) bond motifs is 5. The molecular weight excluding hydrogens is 762 g/mol. The lowest BCUT2D eigenvalue weighted by Crippen LogP contribution is -2.71. The van der Waals surface area contributed by atoms with Gasteiger partial charge in [0, 0.05) is 24.7 Å². The Morgan fingerprint density at radius 3 is 2.41 bits per heavy atom. The number of benzene rings is 1. The van der Waals surface area contributed by atoms with Crippen LogP contribution >= 0.6 is 0 Å². The van der Waals surface area contributed by atoms with Crippen LogP contribution in [0.5, 0.6) is 0 Å². The number of aliphatic hydroxyl groups is 2. The van der Waals surface area contributed by atoms with Crippen LogP contribution in [0.1, 0.15) is 103 Å². The summed E-state index contributed by atoms with van der Waals surface area (Å²) in [6, 6.07) is 4.35. The molecule has 8 fully saturated rings. The molecule has 0 spiro atoms. The molecule has 0 aromatic heterocycles. The second kappa shape index (κ2) is 15.5. The number of amides is 2. The number of hydrogen-bond donors (Lipinski definition) is 4. The van der Waals surface area contributed by atoms with Crippen molar-refractivity contribution < 1.29 is 57.9 Å². The second-order valence-electron chi connectivity index (χ2n) is 19.2. The zero-order valence-corrected chi connectivity index (χ0v) is 34.4. The largest absolute Gasteiger partial charge is 0.460 e. The molecule has 1 aromatic rings. The van der Waals surface area contributed by atoms with E-state index in [1.165, 1.54) is 6.92 Å². The van der Waals surface area contributed by atoms with Crippen LogP contribution in [0.2, 0.25) is 0 Å². The highest BCUT2D eigenvalue weighted by Crippen LogP contribution is 2.64. The van der Waals surface area contributed by atoms with Crippen molar-refractivity contribution in [2.75, 3.05) is 6.61 Å². The van der Waals surface area contributed by atoms with Crippen LogP contribution in [0.25, 0.3) is 6.08 Å². The first-order chi connectivity index (χ1) is 28.2. The SMILES string of the molecule is CC(O)C(NC(=O)C12CC3OC(=O)C1N(Cc1ccccc1C=CC1CCC4OC4C1)OC2C1OC(C2CC2)(C2CC2)OC31)C(=O)NC(CO)CCC(=O)OC(C)(C)C. The van der Waals surface area contributed by atoms with E-state index < -0.39 is 95.8 Å². The first kappa shape index (κ1) is 40.9. The molecule has 15 heteroatoms. The number of rotatable bonds is 15. The zero-order valence-electron chi connectivity index (χ0n) is 34.4. The number of hydroxylamine groups is 2. The van der Waals surface area contributed by atoms with Gasteiger partial charge in [-0.25, -0.2) is 0 Å². The van der Waals surface area contributed by atoms with E-state index in [0.29, 0.717) is 18.1 Å². The lowest BCUT2D eigenvalue weighted by Gasteiger charge is -2.49.